The fourth-order valence-electron chi connectivity index (χ4n) is 4.59. The second-order valence-electron chi connectivity index (χ2n) is 8.99. The van der Waals surface area contributed by atoms with E-state index in [0.29, 0.717) is 0 Å². The minimum atomic E-state index is -4.70. The van der Waals surface area contributed by atoms with E-state index in [0.717, 1.165) is 53.2 Å². The first-order valence-corrected chi connectivity index (χ1v) is 11.5. The lowest BCUT2D eigenvalue weighted by Crippen LogP contribution is -2.33. The van der Waals surface area contributed by atoms with Gasteiger partial charge in [-0.25, -0.2) is 9.59 Å². The van der Waals surface area contributed by atoms with Gasteiger partial charge in [-0.15, -0.1) is 0 Å². The van der Waals surface area contributed by atoms with Gasteiger partial charge < -0.3 is 9.52 Å². The van der Waals surface area contributed by atoms with Crippen LogP contribution in [-0.2, 0) is 18.9 Å². The predicted molar refractivity (Wildman–Crippen MR) is 129 cm³/mol. The summed E-state index contributed by atoms with van der Waals surface area (Å²) < 4.78 is 86.9. The minimum absolute atomic E-state index is 0.0128. The maximum Gasteiger partial charge on any atom is 0.416 e. The normalized spacial score (nSPS) is 13.6. The highest BCUT2D eigenvalue weighted by Gasteiger charge is 2.35. The maximum absolute atomic E-state index is 13.5. The standard InChI is InChI=1S/C27H16F6N2O5/c28-26(29,30)15-3-6-18-13(9-15)1-2-14-10-16(27(31,32)33)4-7-19(14)22(18)20-12-35(25(39)34-23(20)36)11-17-5-8-21(40-17)24(37)38/h1-10,12,22H,11H2,(H,37,38)(H,34,36,39). The van der Waals surface area contributed by atoms with Gasteiger partial charge in [0, 0.05) is 17.7 Å². The SMILES string of the molecule is O=C(O)c1ccc(Cn2cc(C3c4ccc(C(F)(F)F)cc4C=Cc4cc(C(F)(F)F)ccc43)c(=O)[nH]c2=O)o1. The number of benzene rings is 2. The van der Waals surface area contributed by atoms with Crippen molar-refractivity contribution in [3.8, 4) is 0 Å². The van der Waals surface area contributed by atoms with Crippen LogP contribution < -0.4 is 11.2 Å². The molecule has 13 heteroatoms. The van der Waals surface area contributed by atoms with Gasteiger partial charge in [-0.05, 0) is 58.7 Å². The van der Waals surface area contributed by atoms with Crippen molar-refractivity contribution < 1.29 is 40.7 Å². The number of alkyl halides is 6. The van der Waals surface area contributed by atoms with Crippen molar-refractivity contribution in [1.82, 2.24) is 9.55 Å². The van der Waals surface area contributed by atoms with Gasteiger partial charge in [0.1, 0.15) is 5.76 Å². The first-order chi connectivity index (χ1) is 18.7. The molecule has 1 aliphatic rings. The van der Waals surface area contributed by atoms with Crippen LogP contribution in [0, 0.1) is 0 Å². The van der Waals surface area contributed by atoms with Gasteiger partial charge in [-0.3, -0.25) is 14.3 Å². The van der Waals surface area contributed by atoms with Crippen molar-refractivity contribution in [2.75, 3.05) is 0 Å². The first-order valence-electron chi connectivity index (χ1n) is 11.5. The summed E-state index contributed by atoms with van der Waals surface area (Å²) in [4.78, 5) is 38.9. The number of nitrogens with one attached hydrogen (secondary N) is 1. The highest BCUT2D eigenvalue weighted by molar-refractivity contribution is 5.84. The van der Waals surface area contributed by atoms with Crippen LogP contribution in [0.4, 0.5) is 26.3 Å². The average molecular weight is 562 g/mol. The van der Waals surface area contributed by atoms with Crippen LogP contribution in [0.3, 0.4) is 0 Å². The van der Waals surface area contributed by atoms with Crippen LogP contribution in [0.1, 0.15) is 61.2 Å². The zero-order chi connectivity index (χ0) is 29.0. The van der Waals surface area contributed by atoms with Crippen molar-refractivity contribution in [2.24, 2.45) is 0 Å². The molecule has 0 bridgehead atoms. The number of aromatic carboxylic acids is 1. The average Bonchev–Trinajstić information content (AvgIpc) is 3.27. The maximum atomic E-state index is 13.5. The Bertz CT molecular complexity index is 1730. The third kappa shape index (κ3) is 4.97. The second kappa shape index (κ2) is 9.43. The number of furan rings is 1. The van der Waals surface area contributed by atoms with E-state index in [2.05, 4.69) is 4.98 Å². The zero-order valence-electron chi connectivity index (χ0n) is 19.9. The number of carbonyl (C=O) groups is 1. The summed E-state index contributed by atoms with van der Waals surface area (Å²) in [5, 5.41) is 9.07. The third-order valence-electron chi connectivity index (χ3n) is 6.44. The topological polar surface area (TPSA) is 105 Å². The molecule has 4 aromatic rings. The van der Waals surface area contributed by atoms with Gasteiger partial charge in [-0.1, -0.05) is 24.3 Å². The number of halogens is 6. The van der Waals surface area contributed by atoms with Crippen LogP contribution >= 0.6 is 0 Å². The van der Waals surface area contributed by atoms with Gasteiger partial charge in [0.25, 0.3) is 5.56 Å². The molecule has 0 fully saturated rings. The zero-order valence-corrected chi connectivity index (χ0v) is 19.9. The molecule has 2 aromatic carbocycles. The van der Waals surface area contributed by atoms with E-state index in [4.69, 9.17) is 9.52 Å². The number of aromatic amines is 1. The van der Waals surface area contributed by atoms with Gasteiger partial charge in [0.15, 0.2) is 0 Å². The van der Waals surface area contributed by atoms with Gasteiger partial charge in [0.05, 0.1) is 17.7 Å². The highest BCUT2D eigenvalue weighted by atomic mass is 19.4. The van der Waals surface area contributed by atoms with Crippen LogP contribution in [-0.4, -0.2) is 20.6 Å². The molecule has 40 heavy (non-hydrogen) atoms. The van der Waals surface area contributed by atoms with Crippen molar-refractivity contribution in [2.45, 2.75) is 24.8 Å². The summed E-state index contributed by atoms with van der Waals surface area (Å²) in [6.45, 7) is -0.319. The molecule has 5 rings (SSSR count). The third-order valence-corrected chi connectivity index (χ3v) is 6.44. The second-order valence-corrected chi connectivity index (χ2v) is 8.99. The number of hydrogen-bond donors (Lipinski definition) is 2. The van der Waals surface area contributed by atoms with Gasteiger partial charge in [-0.2, -0.15) is 26.3 Å². The summed E-state index contributed by atoms with van der Waals surface area (Å²) in [6, 6.07) is 8.00. The Morgan fingerprint density at radius 2 is 1.40 bits per heavy atom. The van der Waals surface area contributed by atoms with Crippen molar-refractivity contribution in [3.63, 3.8) is 0 Å². The fourth-order valence-corrected chi connectivity index (χ4v) is 4.59. The molecule has 0 spiro atoms. The molecule has 206 valence electrons. The number of nitrogens with zero attached hydrogens (tertiary/aromatic N) is 1. The van der Waals surface area contributed by atoms with E-state index in [1.165, 1.54) is 18.2 Å². The molecule has 0 saturated carbocycles. The molecule has 2 aromatic heterocycles. The number of H-pyrrole nitrogens is 1. The molecule has 0 radical (unpaired) electrons. The molecule has 0 amide bonds. The Morgan fingerprint density at radius 1 is 0.850 bits per heavy atom. The Balaban J connectivity index is 1.72. The van der Waals surface area contributed by atoms with E-state index >= 15 is 0 Å². The first kappa shape index (κ1) is 26.8. The molecule has 2 N–H and O–H groups in total. The lowest BCUT2D eigenvalue weighted by Gasteiger charge is -2.22. The molecular formula is C27H16F6N2O5. The van der Waals surface area contributed by atoms with Crippen LogP contribution in [0.25, 0.3) is 12.2 Å². The Hall–Kier alpha value is -4.81. The number of fused-ring (bicyclic) bond motifs is 2. The Labute approximate surface area is 219 Å². The van der Waals surface area contributed by atoms with Gasteiger partial charge in [0.2, 0.25) is 5.76 Å². The Morgan fingerprint density at radius 3 is 1.88 bits per heavy atom. The largest absolute Gasteiger partial charge is 0.475 e. The summed E-state index contributed by atoms with van der Waals surface area (Å²) in [6.07, 6.45) is -5.80. The van der Waals surface area contributed by atoms with Crippen LogP contribution in [0.2, 0.25) is 0 Å². The van der Waals surface area contributed by atoms with Crippen molar-refractivity contribution >= 4 is 18.1 Å². The molecule has 7 nitrogen and oxygen atoms in total. The monoisotopic (exact) mass is 562 g/mol. The molecule has 0 atom stereocenters. The van der Waals surface area contributed by atoms with E-state index < -0.39 is 52.4 Å². The summed E-state index contributed by atoms with van der Waals surface area (Å²) in [7, 11) is 0. The molecule has 0 aliphatic heterocycles. The van der Waals surface area contributed by atoms with Gasteiger partial charge >= 0.3 is 24.0 Å². The predicted octanol–water partition coefficient (Wildman–Crippen LogP) is 5.58. The smallest absolute Gasteiger partial charge is 0.416 e. The molecule has 0 saturated heterocycles. The highest BCUT2D eigenvalue weighted by Crippen LogP contribution is 2.42. The summed E-state index contributed by atoms with van der Waals surface area (Å²) >= 11 is 0. The Kier molecular flexibility index (Phi) is 6.32. The molecular weight excluding hydrogens is 546 g/mol. The lowest BCUT2D eigenvalue weighted by atomic mass is 9.82. The quantitative estimate of drug-likeness (QED) is 0.279. The lowest BCUT2D eigenvalue weighted by molar-refractivity contribution is -0.138. The van der Waals surface area contributed by atoms with Crippen LogP contribution in [0.5, 0.6) is 0 Å². The molecule has 1 aliphatic carbocycles. The number of aromatic nitrogens is 2. The minimum Gasteiger partial charge on any atom is -0.475 e. The number of rotatable bonds is 4. The van der Waals surface area contributed by atoms with Crippen molar-refractivity contribution in [3.05, 3.63) is 126 Å². The van der Waals surface area contributed by atoms with Crippen LogP contribution in [0.15, 0.2) is 68.7 Å². The summed E-state index contributed by atoms with van der Waals surface area (Å²) in [5.41, 5.74) is -3.54. The van der Waals surface area contributed by atoms with E-state index in [1.807, 2.05) is 0 Å². The molecule has 0 unspecified atom stereocenters. The van der Waals surface area contributed by atoms with E-state index in [1.54, 1.807) is 0 Å². The van der Waals surface area contributed by atoms with E-state index in [-0.39, 0.29) is 40.1 Å². The summed E-state index contributed by atoms with van der Waals surface area (Å²) in [5.74, 6) is -2.88. The fraction of sp³-hybridized carbons (Fsp3) is 0.148. The number of hydrogen-bond acceptors (Lipinski definition) is 4. The van der Waals surface area contributed by atoms with E-state index in [9.17, 15) is 40.7 Å². The number of carboxylic acid groups (broad SMARTS) is 1. The molecule has 2 heterocycles. The number of carboxylic acids is 1. The van der Waals surface area contributed by atoms with Crippen molar-refractivity contribution in [1.29, 1.82) is 0 Å².